The molecule has 44 heavy (non-hydrogen) atoms. The number of benzene rings is 1. The molecule has 3 aromatic heterocycles. The predicted molar refractivity (Wildman–Crippen MR) is 169 cm³/mol. The first-order valence-electron chi connectivity index (χ1n) is 14.6. The van der Waals surface area contributed by atoms with Crippen molar-refractivity contribution in [1.82, 2.24) is 19.9 Å². The summed E-state index contributed by atoms with van der Waals surface area (Å²) in [6.07, 6.45) is 1.70. The zero-order valence-electron chi connectivity index (χ0n) is 25.5. The third-order valence-electron chi connectivity index (χ3n) is 7.68. The minimum absolute atomic E-state index is 0.0353. The van der Waals surface area contributed by atoms with Crippen LogP contribution in [0.25, 0.3) is 21.5 Å². The lowest BCUT2D eigenvalue weighted by Crippen LogP contribution is -2.46. The number of aromatic nitrogens is 2. The van der Waals surface area contributed by atoms with Gasteiger partial charge >= 0.3 is 11.9 Å². The van der Waals surface area contributed by atoms with Crippen LogP contribution in [0.4, 0.5) is 0 Å². The van der Waals surface area contributed by atoms with E-state index in [0.717, 1.165) is 30.8 Å². The number of fused-ring (bicyclic) bond motifs is 1. The summed E-state index contributed by atoms with van der Waals surface area (Å²) in [6, 6.07) is 12.9. The summed E-state index contributed by atoms with van der Waals surface area (Å²) in [6.45, 7) is 11.0. The van der Waals surface area contributed by atoms with Crippen molar-refractivity contribution in [2.75, 3.05) is 19.9 Å². The Balaban J connectivity index is 1.43. The lowest BCUT2D eigenvalue weighted by molar-refractivity contribution is -0.161. The van der Waals surface area contributed by atoms with Crippen molar-refractivity contribution in [2.45, 2.75) is 66.1 Å². The SMILES string of the molecule is CC(C)N1CCC(NC(=O)c2cc3c(C(=O)OCOC(=O)C(C)(C)C)cccc3n2Cc2cc(-c3ccc(Cl)s3)on2)CC1. The van der Waals surface area contributed by atoms with Crippen LogP contribution in [0.1, 0.15) is 74.0 Å². The molecule has 0 aliphatic carbocycles. The number of carbonyl (C=O) groups excluding carboxylic acids is 3. The fourth-order valence-electron chi connectivity index (χ4n) is 5.18. The summed E-state index contributed by atoms with van der Waals surface area (Å²) in [5.41, 5.74) is 1.16. The van der Waals surface area contributed by atoms with Gasteiger partial charge in [0.1, 0.15) is 11.4 Å². The average Bonchev–Trinajstić information content (AvgIpc) is 3.71. The van der Waals surface area contributed by atoms with E-state index < -0.39 is 24.1 Å². The van der Waals surface area contributed by atoms with E-state index in [1.54, 1.807) is 45.0 Å². The van der Waals surface area contributed by atoms with Gasteiger partial charge in [0.15, 0.2) is 5.76 Å². The summed E-state index contributed by atoms with van der Waals surface area (Å²) in [7, 11) is 0. The molecule has 0 spiro atoms. The number of esters is 2. The van der Waals surface area contributed by atoms with Crippen LogP contribution in [0.2, 0.25) is 4.34 Å². The Morgan fingerprint density at radius 1 is 1.11 bits per heavy atom. The number of nitrogens with one attached hydrogen (secondary N) is 1. The molecule has 0 atom stereocenters. The molecular formula is C32H37ClN4O6S. The molecule has 0 bridgehead atoms. The number of hydrogen-bond donors (Lipinski definition) is 1. The molecule has 1 N–H and O–H groups in total. The lowest BCUT2D eigenvalue weighted by atomic mass is 9.98. The highest BCUT2D eigenvalue weighted by molar-refractivity contribution is 7.19. The van der Waals surface area contributed by atoms with Gasteiger partial charge in [0.25, 0.3) is 5.91 Å². The molecule has 0 radical (unpaired) electrons. The highest BCUT2D eigenvalue weighted by Crippen LogP contribution is 2.32. The van der Waals surface area contributed by atoms with Gasteiger partial charge in [-0.3, -0.25) is 9.59 Å². The van der Waals surface area contributed by atoms with Gasteiger partial charge in [-0.05, 0) is 77.8 Å². The number of halogens is 1. The fraction of sp³-hybridized carbons (Fsp3) is 0.438. The molecule has 0 unspecified atom stereocenters. The molecule has 4 heterocycles. The summed E-state index contributed by atoms with van der Waals surface area (Å²) >= 11 is 7.49. The van der Waals surface area contributed by atoms with Crippen LogP contribution in [-0.4, -0.2) is 64.4 Å². The third-order valence-corrected chi connectivity index (χ3v) is 8.93. The Bertz CT molecular complexity index is 1660. The van der Waals surface area contributed by atoms with Gasteiger partial charge < -0.3 is 28.8 Å². The molecule has 1 aromatic carbocycles. The molecule has 1 amide bonds. The zero-order chi connectivity index (χ0) is 31.6. The number of nitrogens with zero attached hydrogens (tertiary/aromatic N) is 3. The second kappa shape index (κ2) is 13.1. The van der Waals surface area contributed by atoms with Crippen LogP contribution >= 0.6 is 22.9 Å². The van der Waals surface area contributed by atoms with Crippen LogP contribution in [-0.2, 0) is 20.8 Å². The van der Waals surface area contributed by atoms with Gasteiger partial charge in [-0.1, -0.05) is 22.8 Å². The van der Waals surface area contributed by atoms with Gasteiger partial charge in [-0.25, -0.2) is 4.79 Å². The number of ether oxygens (including phenoxy) is 2. The quantitative estimate of drug-likeness (QED) is 0.166. The number of rotatable bonds is 9. The number of carbonyl (C=O) groups is 3. The lowest BCUT2D eigenvalue weighted by Gasteiger charge is -2.34. The number of amides is 1. The molecule has 1 aliphatic rings. The Morgan fingerprint density at radius 2 is 1.86 bits per heavy atom. The Hall–Kier alpha value is -3.67. The topological polar surface area (TPSA) is 116 Å². The molecule has 1 aliphatic heterocycles. The zero-order valence-corrected chi connectivity index (χ0v) is 27.1. The van der Waals surface area contributed by atoms with Crippen molar-refractivity contribution < 1.29 is 28.4 Å². The first-order valence-corrected chi connectivity index (χ1v) is 15.8. The van der Waals surface area contributed by atoms with Crippen molar-refractivity contribution in [3.63, 3.8) is 0 Å². The smallest absolute Gasteiger partial charge is 0.341 e. The van der Waals surface area contributed by atoms with E-state index in [1.807, 2.05) is 22.8 Å². The van der Waals surface area contributed by atoms with E-state index >= 15 is 0 Å². The van der Waals surface area contributed by atoms with Gasteiger partial charge in [-0.15, -0.1) is 11.3 Å². The molecule has 4 aromatic rings. The van der Waals surface area contributed by atoms with E-state index in [4.69, 9.17) is 25.6 Å². The van der Waals surface area contributed by atoms with Crippen LogP contribution in [0.5, 0.6) is 0 Å². The first kappa shape index (κ1) is 31.7. The van der Waals surface area contributed by atoms with Gasteiger partial charge in [-0.2, -0.15) is 0 Å². The van der Waals surface area contributed by atoms with Gasteiger partial charge in [0.05, 0.1) is 26.7 Å². The summed E-state index contributed by atoms with van der Waals surface area (Å²) in [5.74, 6) is -0.813. The predicted octanol–water partition coefficient (Wildman–Crippen LogP) is 6.37. The van der Waals surface area contributed by atoms with Crippen molar-refractivity contribution in [1.29, 1.82) is 0 Å². The summed E-state index contributed by atoms with van der Waals surface area (Å²) in [4.78, 5) is 42.3. The second-order valence-corrected chi connectivity index (χ2v) is 14.0. The maximum Gasteiger partial charge on any atom is 0.341 e. The van der Waals surface area contributed by atoms with Gasteiger partial charge in [0.2, 0.25) is 6.79 Å². The van der Waals surface area contributed by atoms with Crippen molar-refractivity contribution in [3.05, 3.63) is 63.8 Å². The van der Waals surface area contributed by atoms with E-state index in [-0.39, 0.29) is 24.1 Å². The number of piperidine rings is 1. The maximum atomic E-state index is 13.8. The summed E-state index contributed by atoms with van der Waals surface area (Å²) < 4.78 is 18.5. The van der Waals surface area contributed by atoms with Gasteiger partial charge in [0, 0.05) is 42.1 Å². The third kappa shape index (κ3) is 7.17. The second-order valence-electron chi connectivity index (χ2n) is 12.2. The number of likely N-dealkylation sites (tertiary alicyclic amines) is 1. The molecular weight excluding hydrogens is 604 g/mol. The maximum absolute atomic E-state index is 13.8. The van der Waals surface area contributed by atoms with E-state index in [1.165, 1.54) is 11.3 Å². The largest absolute Gasteiger partial charge is 0.427 e. The highest BCUT2D eigenvalue weighted by Gasteiger charge is 2.27. The molecule has 0 saturated carbocycles. The van der Waals surface area contributed by atoms with E-state index in [9.17, 15) is 14.4 Å². The minimum atomic E-state index is -0.728. The molecule has 234 valence electrons. The van der Waals surface area contributed by atoms with Crippen molar-refractivity contribution in [2.24, 2.45) is 5.41 Å². The van der Waals surface area contributed by atoms with Crippen molar-refractivity contribution >= 4 is 51.7 Å². The molecule has 10 nitrogen and oxygen atoms in total. The first-order chi connectivity index (χ1) is 20.9. The van der Waals surface area contributed by atoms with Crippen LogP contribution in [0.15, 0.2) is 47.0 Å². The standard InChI is InChI=1S/C32H37ClN4O6S/c1-19(2)36-13-11-20(12-14-36)34-29(38)25-16-23-22(30(39)41-18-42-31(40)32(3,4)5)7-6-8-24(23)37(25)17-21-15-26(43-35-21)27-9-10-28(33)44-27/h6-10,15-16,19-20H,11-14,17-18H2,1-5H3,(H,34,38). The minimum Gasteiger partial charge on any atom is -0.427 e. The Morgan fingerprint density at radius 3 is 2.52 bits per heavy atom. The fourth-order valence-corrected chi connectivity index (χ4v) is 6.17. The molecule has 12 heteroatoms. The molecule has 1 saturated heterocycles. The van der Waals surface area contributed by atoms with Crippen molar-refractivity contribution in [3.8, 4) is 10.6 Å². The number of thiophene rings is 1. The van der Waals surface area contributed by atoms with Crippen LogP contribution < -0.4 is 5.32 Å². The number of hydrogen-bond acceptors (Lipinski definition) is 9. The van der Waals surface area contributed by atoms with Crippen LogP contribution in [0.3, 0.4) is 0 Å². The monoisotopic (exact) mass is 640 g/mol. The molecule has 1 fully saturated rings. The van der Waals surface area contributed by atoms with Crippen LogP contribution in [0, 0.1) is 5.41 Å². The van der Waals surface area contributed by atoms with E-state index in [0.29, 0.717) is 38.4 Å². The average molecular weight is 641 g/mol. The summed E-state index contributed by atoms with van der Waals surface area (Å²) in [5, 5.41) is 7.99. The Labute approximate surface area is 265 Å². The Kier molecular flexibility index (Phi) is 9.48. The van der Waals surface area contributed by atoms with E-state index in [2.05, 4.69) is 29.2 Å². The normalized spacial score (nSPS) is 14.7. The molecule has 5 rings (SSSR count). The highest BCUT2D eigenvalue weighted by atomic mass is 35.5.